The van der Waals surface area contributed by atoms with E-state index in [0.29, 0.717) is 0 Å². The quantitative estimate of drug-likeness (QED) is 0.0554. The normalized spacial score (nSPS) is 18.5. The van der Waals surface area contributed by atoms with Crippen LogP contribution in [0.15, 0.2) is 0 Å². The molecular formula is C41H124O29Si20. The summed E-state index contributed by atoms with van der Waals surface area (Å²) in [6, 6.07) is 0. The van der Waals surface area contributed by atoms with Gasteiger partial charge in [0.25, 0.3) is 0 Å². The minimum Gasteiger partial charge on any atom is -0.416 e. The molecule has 5 atom stereocenters. The number of rotatable bonds is 47. The largest absolute Gasteiger partial charge is 0.488 e. The zero-order valence-corrected chi connectivity index (χ0v) is 82.9. The van der Waals surface area contributed by atoms with Crippen LogP contribution in [0.5, 0.6) is 0 Å². The van der Waals surface area contributed by atoms with E-state index < -0.39 is 173 Å². The van der Waals surface area contributed by atoms with Gasteiger partial charge in [-0.2, -0.15) is 0 Å². The van der Waals surface area contributed by atoms with Gasteiger partial charge < -0.3 is 123 Å². The topological polar surface area (TPSA) is 279 Å². The molecule has 0 aromatic rings. The minimum atomic E-state index is -4.36. The van der Waals surface area contributed by atoms with E-state index in [0.717, 1.165) is 0 Å². The van der Waals surface area contributed by atoms with E-state index in [9.17, 15) is 4.80 Å². The monoisotopic (exact) mass is 1640 g/mol. The molecule has 542 valence electrons. The van der Waals surface area contributed by atoms with Crippen LogP contribution in [0.3, 0.4) is 0 Å². The average molecular weight is 1640 g/mol. The lowest BCUT2D eigenvalue weighted by molar-refractivity contribution is 0.115. The summed E-state index contributed by atoms with van der Waals surface area (Å²) in [6.07, 6.45) is 0. The van der Waals surface area contributed by atoms with E-state index in [1.165, 1.54) is 27.9 Å². The van der Waals surface area contributed by atoms with Crippen molar-refractivity contribution in [3.63, 3.8) is 0 Å². The molecule has 0 aromatic heterocycles. The molecule has 0 aliphatic carbocycles. The van der Waals surface area contributed by atoms with Crippen molar-refractivity contribution in [2.45, 2.75) is 210 Å². The minimum absolute atomic E-state index is 1.48. The molecule has 29 nitrogen and oxygen atoms in total. The van der Waals surface area contributed by atoms with Crippen molar-refractivity contribution in [2.24, 2.45) is 0 Å². The van der Waals surface area contributed by atoms with E-state index in [1.54, 1.807) is 81.9 Å². The molecule has 0 aliphatic rings. The second-order valence-corrected chi connectivity index (χ2v) is 94.2. The van der Waals surface area contributed by atoms with Gasteiger partial charge in [0.1, 0.15) is 0 Å². The second kappa shape index (κ2) is 33.5. The Balaban J connectivity index is 7.30. The molecule has 0 fully saturated rings. The molecule has 0 amide bonds. The van der Waals surface area contributed by atoms with Gasteiger partial charge in [-0.15, -0.1) is 0 Å². The number of hydrogen-bond donors (Lipinski definition) is 1. The van der Waals surface area contributed by atoms with Gasteiger partial charge >= 0.3 is 173 Å². The van der Waals surface area contributed by atoms with Crippen LogP contribution in [0.1, 0.15) is 0 Å². The molecular weight excluding hydrogens is 1520 g/mol. The summed E-state index contributed by atoms with van der Waals surface area (Å²) in [6.45, 7) is 59.2. The molecule has 0 saturated carbocycles. The van der Waals surface area contributed by atoms with Gasteiger partial charge in [0.2, 0.25) is 0 Å². The van der Waals surface area contributed by atoms with Crippen LogP contribution in [-0.4, -0.2) is 242 Å². The third kappa shape index (κ3) is 35.7. The van der Waals surface area contributed by atoms with Gasteiger partial charge in [-0.3, -0.25) is 0 Å². The van der Waals surface area contributed by atoms with E-state index in [1.807, 2.05) is 164 Å². The van der Waals surface area contributed by atoms with Gasteiger partial charge in [-0.05, 0) is 157 Å². The summed E-state index contributed by atoms with van der Waals surface area (Å²) in [5.41, 5.74) is 0. The first-order chi connectivity index (χ1) is 39.5. The molecule has 0 heterocycles. The predicted octanol–water partition coefficient (Wildman–Crippen LogP) is 10.1. The van der Waals surface area contributed by atoms with Crippen LogP contribution in [0.25, 0.3) is 0 Å². The Labute approximate surface area is 565 Å². The number of hydrogen-bond acceptors (Lipinski definition) is 29. The Bertz CT molecular complexity index is 2200. The third-order valence-corrected chi connectivity index (χ3v) is 86.5. The van der Waals surface area contributed by atoms with Crippen molar-refractivity contribution in [1.29, 1.82) is 0 Å². The van der Waals surface area contributed by atoms with Crippen LogP contribution in [-0.2, 0) is 118 Å². The van der Waals surface area contributed by atoms with Crippen molar-refractivity contribution in [3.05, 3.63) is 0 Å². The molecule has 0 radical (unpaired) electrons. The fraction of sp³-hybridized carbons (Fsp3) is 1.00. The van der Waals surface area contributed by atoms with Crippen LogP contribution >= 0.6 is 0 Å². The van der Waals surface area contributed by atoms with Gasteiger partial charge in [0, 0.05) is 116 Å². The van der Waals surface area contributed by atoms with Crippen molar-refractivity contribution in [2.75, 3.05) is 64.0 Å². The summed E-state index contributed by atoms with van der Waals surface area (Å²) in [7, 11) is -52.4. The van der Waals surface area contributed by atoms with Crippen LogP contribution < -0.4 is 0 Å². The van der Waals surface area contributed by atoms with Crippen LogP contribution in [0.4, 0.5) is 0 Å². The van der Waals surface area contributed by atoms with E-state index in [4.69, 9.17) is 118 Å². The van der Waals surface area contributed by atoms with E-state index >= 15 is 0 Å². The molecule has 0 saturated heterocycles. The van der Waals surface area contributed by atoms with Crippen LogP contribution in [0, 0.1) is 0 Å². The molecule has 0 spiro atoms. The Morgan fingerprint density at radius 3 is 0.422 bits per heavy atom. The summed E-state index contributed by atoms with van der Waals surface area (Å²) < 4.78 is 181. The maximum atomic E-state index is 12.6. The summed E-state index contributed by atoms with van der Waals surface area (Å²) >= 11 is 0. The first-order valence-electron chi connectivity index (χ1n) is 29.5. The van der Waals surface area contributed by atoms with Gasteiger partial charge in [0.15, 0.2) is 0 Å². The molecule has 1 N–H and O–H groups in total. The predicted molar refractivity (Wildman–Crippen MR) is 389 cm³/mol. The first-order valence-corrected chi connectivity index (χ1v) is 81.1. The molecule has 49 heteroatoms. The smallest absolute Gasteiger partial charge is 0.416 e. The van der Waals surface area contributed by atoms with Crippen molar-refractivity contribution in [3.8, 4) is 0 Å². The van der Waals surface area contributed by atoms with Crippen molar-refractivity contribution < 1.29 is 123 Å². The fourth-order valence-electron chi connectivity index (χ4n) is 10.5. The maximum absolute atomic E-state index is 12.6. The second-order valence-electron chi connectivity index (χ2n) is 27.5. The highest BCUT2D eigenvalue weighted by Gasteiger charge is 2.61. The lowest BCUT2D eigenvalue weighted by Gasteiger charge is -2.46. The van der Waals surface area contributed by atoms with Crippen molar-refractivity contribution >= 4 is 173 Å². The fourth-order valence-corrected chi connectivity index (χ4v) is 99.9. The lowest BCUT2D eigenvalue weighted by Crippen LogP contribution is -2.68. The summed E-state index contributed by atoms with van der Waals surface area (Å²) in [4.78, 5) is 12.6. The Morgan fingerprint density at radius 2 is 0.256 bits per heavy atom. The highest BCUT2D eigenvalue weighted by Crippen LogP contribution is 2.36. The highest BCUT2D eigenvalue weighted by atomic mass is 28.6. The van der Waals surface area contributed by atoms with Gasteiger partial charge in [0.05, 0.1) is 0 Å². The Morgan fingerprint density at radius 1 is 0.133 bits per heavy atom. The SMILES string of the molecule is CO[Si](C)(OC)O[Si](C)(C)O[Si](C)(C)O[Si](C)(C)O[Si](C)(O)O[Si](C)(O[Si](C)(C)O[Si](C)(C)O[Si](C)(C)O[Si](C)(OC)O[Si](C)(OC)O[Si](C)(C)O[Si](C)(C)O[Si](C)(C)O[Si](C)(OC)OC)O[Si](C)(OC)O[Si](C)(C)O[Si](C)(C)O[Si](C)(C)O[Si](C)(OC)OC. The lowest BCUT2D eigenvalue weighted by atomic mass is 11.8. The zero-order chi connectivity index (χ0) is 71.8. The average Bonchev–Trinajstić information content (AvgIpc) is 0.836. The molecule has 90 heavy (non-hydrogen) atoms. The third-order valence-electron chi connectivity index (χ3n) is 11.8. The molecule has 0 bridgehead atoms. The van der Waals surface area contributed by atoms with E-state index in [-0.39, 0.29) is 0 Å². The maximum Gasteiger partial charge on any atom is 0.488 e. The van der Waals surface area contributed by atoms with Gasteiger partial charge in [-0.25, -0.2) is 0 Å². The molecule has 0 aromatic carbocycles. The standard InChI is InChI=1S/C41H124O29Si20/c1-43-84(35,44-2)61-76(20,21)53-71(10,11)52-75(18,19)60-83(34,42)68-90(41,70-89(40,51-9)66-81(30,31)57-73(14,15)55-78(24,25)63-86(37,47-5)48-6)67-82(32,33)59-74(16,17)58-80(28,29)65-88(39,50-8)69-87(38,49-7)64-79(26,27)56-72(12,13)54-77(22,23)62-85(36,45-3)46-4/h42H,1-41H3. The van der Waals surface area contributed by atoms with E-state index in [2.05, 4.69) is 0 Å². The first kappa shape index (κ1) is 93.2. The van der Waals surface area contributed by atoms with Crippen LogP contribution in [0.2, 0.25) is 210 Å². The molecule has 5 unspecified atom stereocenters. The Kier molecular flexibility index (Phi) is 34.7. The summed E-state index contributed by atoms with van der Waals surface area (Å²) in [5, 5.41) is 0. The van der Waals surface area contributed by atoms with Crippen molar-refractivity contribution in [1.82, 2.24) is 0 Å². The van der Waals surface area contributed by atoms with Gasteiger partial charge in [-0.1, -0.05) is 0 Å². The summed E-state index contributed by atoms with van der Waals surface area (Å²) in [5.74, 6) is 0. The zero-order valence-electron chi connectivity index (χ0n) is 62.9. The highest BCUT2D eigenvalue weighted by molar-refractivity contribution is 6.95. The Hall–Kier alpha value is 3.18. The molecule has 0 aliphatic heterocycles. The molecule has 0 rings (SSSR count).